The monoisotopic (exact) mass is 474 g/mol. The van der Waals surface area contributed by atoms with Gasteiger partial charge in [0.25, 0.3) is 0 Å². The first-order valence-corrected chi connectivity index (χ1v) is 11.3. The third kappa shape index (κ3) is 5.59. The largest absolute Gasteiger partial charge is 0.434 e. The average molecular weight is 475 g/mol. The summed E-state index contributed by atoms with van der Waals surface area (Å²) in [6, 6.07) is 11.0. The number of aliphatic hydroxyl groups excluding tert-OH is 1. The number of aliphatic hydroxyl groups is 1. The molecule has 1 aliphatic heterocycles. The van der Waals surface area contributed by atoms with Crippen molar-refractivity contribution < 1.29 is 23.0 Å². The Morgan fingerprint density at radius 1 is 1.18 bits per heavy atom. The molecule has 0 radical (unpaired) electrons. The van der Waals surface area contributed by atoms with E-state index in [2.05, 4.69) is 29.1 Å². The Bertz CT molecular complexity index is 1100. The number of ether oxygens (including phenoxy) is 1. The van der Waals surface area contributed by atoms with E-state index in [0.29, 0.717) is 35.0 Å². The zero-order valence-electron chi connectivity index (χ0n) is 19.3. The van der Waals surface area contributed by atoms with E-state index >= 15 is 0 Å². The van der Waals surface area contributed by atoms with Crippen LogP contribution in [0.3, 0.4) is 0 Å². The van der Waals surface area contributed by atoms with Crippen LogP contribution in [0.4, 0.5) is 13.2 Å². The van der Waals surface area contributed by atoms with Crippen molar-refractivity contribution in [2.45, 2.75) is 39.8 Å². The minimum Gasteiger partial charge on any atom is -0.434 e. The first kappa shape index (κ1) is 24.2. The molecule has 182 valence electrons. The van der Waals surface area contributed by atoms with Crippen LogP contribution in [0.1, 0.15) is 32.3 Å². The lowest BCUT2D eigenvalue weighted by molar-refractivity contribution is -0.0509. The molecule has 9 heteroatoms. The third-order valence-electron chi connectivity index (χ3n) is 6.58. The van der Waals surface area contributed by atoms with Crippen molar-refractivity contribution in [1.29, 1.82) is 0 Å². The average Bonchev–Trinajstić information content (AvgIpc) is 3.31. The van der Waals surface area contributed by atoms with E-state index in [1.54, 1.807) is 30.5 Å². The Morgan fingerprint density at radius 3 is 2.65 bits per heavy atom. The molecule has 2 aromatic carbocycles. The van der Waals surface area contributed by atoms with Crippen molar-refractivity contribution in [3.05, 3.63) is 60.0 Å². The van der Waals surface area contributed by atoms with Gasteiger partial charge in [-0.25, -0.2) is 9.07 Å². The fourth-order valence-electron chi connectivity index (χ4n) is 4.37. The molecule has 34 heavy (non-hydrogen) atoms. The minimum atomic E-state index is -2.95. The van der Waals surface area contributed by atoms with E-state index in [4.69, 9.17) is 4.74 Å². The molecule has 0 bridgehead atoms. The molecule has 0 unspecified atom stereocenters. The fourth-order valence-corrected chi connectivity index (χ4v) is 4.37. The molecule has 0 spiro atoms. The summed E-state index contributed by atoms with van der Waals surface area (Å²) in [7, 11) is 0. The normalized spacial score (nSPS) is 17.3. The van der Waals surface area contributed by atoms with Crippen LogP contribution in [0.5, 0.6) is 5.75 Å². The molecule has 1 saturated heterocycles. The number of alkyl halides is 2. The Hall–Kier alpha value is -2.91. The van der Waals surface area contributed by atoms with Gasteiger partial charge < -0.3 is 9.84 Å². The summed E-state index contributed by atoms with van der Waals surface area (Å²) in [5.41, 5.74) is 2.17. The third-order valence-corrected chi connectivity index (χ3v) is 6.58. The molecule has 1 aliphatic rings. The summed E-state index contributed by atoms with van der Waals surface area (Å²) in [4.78, 5) is 2.23. The van der Waals surface area contributed by atoms with Gasteiger partial charge in [-0.3, -0.25) is 4.90 Å². The number of aromatic nitrogens is 3. The van der Waals surface area contributed by atoms with Gasteiger partial charge in [0.2, 0.25) is 0 Å². The summed E-state index contributed by atoms with van der Waals surface area (Å²) in [6.07, 6.45) is 3.68. The van der Waals surface area contributed by atoms with Gasteiger partial charge in [0.15, 0.2) is 0 Å². The van der Waals surface area contributed by atoms with Gasteiger partial charge in [-0.1, -0.05) is 31.2 Å². The van der Waals surface area contributed by atoms with Crippen molar-refractivity contribution in [1.82, 2.24) is 19.9 Å². The molecule has 4 rings (SSSR count). The highest BCUT2D eigenvalue weighted by molar-refractivity contribution is 5.62. The van der Waals surface area contributed by atoms with Crippen molar-refractivity contribution in [2.75, 3.05) is 19.7 Å². The molecule has 1 atom stereocenters. The molecule has 2 heterocycles. The number of rotatable bonds is 8. The van der Waals surface area contributed by atoms with Crippen LogP contribution < -0.4 is 4.74 Å². The molecule has 0 saturated carbocycles. The summed E-state index contributed by atoms with van der Waals surface area (Å²) in [5.74, 6) is 0.0762. The lowest BCUT2D eigenvalue weighted by Gasteiger charge is -2.40. The smallest absolute Gasteiger partial charge is 0.387 e. The van der Waals surface area contributed by atoms with Crippen LogP contribution in [0.25, 0.3) is 16.9 Å². The molecule has 6 nitrogen and oxygen atoms in total. The second kappa shape index (κ2) is 10.1. The molecule has 1 N–H and O–H groups in total. The maximum Gasteiger partial charge on any atom is 0.387 e. The van der Waals surface area contributed by atoms with Gasteiger partial charge in [0.05, 0.1) is 11.9 Å². The summed E-state index contributed by atoms with van der Waals surface area (Å²) >= 11 is 0. The van der Waals surface area contributed by atoms with Crippen LogP contribution in [0.2, 0.25) is 0 Å². The van der Waals surface area contributed by atoms with Gasteiger partial charge in [-0.15, -0.1) is 5.10 Å². The fraction of sp³-hybridized carbons (Fsp3) is 0.440. The van der Waals surface area contributed by atoms with Crippen molar-refractivity contribution >= 4 is 0 Å². The number of likely N-dealkylation sites (tertiary alicyclic amines) is 1. The van der Waals surface area contributed by atoms with Gasteiger partial charge in [0.1, 0.15) is 17.3 Å². The van der Waals surface area contributed by atoms with Gasteiger partial charge in [0, 0.05) is 30.8 Å². The first-order chi connectivity index (χ1) is 16.2. The second-order valence-electron chi connectivity index (χ2n) is 9.45. The Kier molecular flexibility index (Phi) is 7.23. The van der Waals surface area contributed by atoms with E-state index < -0.39 is 6.61 Å². The highest BCUT2D eigenvalue weighted by Gasteiger charge is 2.33. The number of benzene rings is 2. The Labute approximate surface area is 197 Å². The summed E-state index contributed by atoms with van der Waals surface area (Å²) in [6.45, 7) is 3.39. The number of piperidine rings is 1. The summed E-state index contributed by atoms with van der Waals surface area (Å²) in [5, 5.41) is 17.9. The zero-order valence-corrected chi connectivity index (χ0v) is 19.3. The number of nitrogens with zero attached hydrogens (tertiary/aromatic N) is 4. The first-order valence-electron chi connectivity index (χ1n) is 11.3. The van der Waals surface area contributed by atoms with Gasteiger partial charge in [-0.2, -0.15) is 8.78 Å². The highest BCUT2D eigenvalue weighted by atomic mass is 19.3. The van der Waals surface area contributed by atoms with E-state index in [0.717, 1.165) is 25.9 Å². The SMILES string of the molecule is CC(C)(CO)[C@H]1CCCN(Cc2ccc(-c3cn(-c4ccc(F)cc4)nn3)cc2OC(F)F)C1. The maximum atomic E-state index is 13.2. The zero-order chi connectivity index (χ0) is 24.3. The predicted octanol–water partition coefficient (Wildman–Crippen LogP) is 4.91. The van der Waals surface area contributed by atoms with Gasteiger partial charge >= 0.3 is 6.61 Å². The molecular weight excluding hydrogens is 445 g/mol. The topological polar surface area (TPSA) is 63.4 Å². The number of hydrogen-bond donors (Lipinski definition) is 1. The maximum absolute atomic E-state index is 13.2. The molecule has 0 aliphatic carbocycles. The molecule has 1 fully saturated rings. The molecular formula is C25H29F3N4O2. The highest BCUT2D eigenvalue weighted by Crippen LogP contribution is 2.35. The van der Waals surface area contributed by atoms with E-state index in [9.17, 15) is 18.3 Å². The van der Waals surface area contributed by atoms with E-state index in [-0.39, 0.29) is 23.6 Å². The molecule has 3 aromatic rings. The Balaban J connectivity index is 1.55. The standard InChI is InChI=1S/C25H29F3N4O2/c1-25(2,16-33)19-4-3-11-31(14-19)13-18-6-5-17(12-23(18)34-24(27)28)22-15-32(30-29-22)21-9-7-20(26)8-10-21/h5-10,12,15,19,24,33H,3-4,11,13-14,16H2,1-2H3/t19-/m0/s1. The Morgan fingerprint density at radius 2 is 1.94 bits per heavy atom. The quantitative estimate of drug-likeness (QED) is 0.503. The predicted molar refractivity (Wildman–Crippen MR) is 122 cm³/mol. The van der Waals surface area contributed by atoms with Crippen LogP contribution in [0.15, 0.2) is 48.7 Å². The molecule has 0 amide bonds. The molecule has 1 aromatic heterocycles. The summed E-state index contributed by atoms with van der Waals surface area (Å²) < 4.78 is 46.0. The van der Waals surface area contributed by atoms with Crippen LogP contribution in [-0.2, 0) is 6.54 Å². The lowest BCUT2D eigenvalue weighted by atomic mass is 9.75. The van der Waals surface area contributed by atoms with Crippen molar-refractivity contribution in [3.8, 4) is 22.7 Å². The van der Waals surface area contributed by atoms with Crippen LogP contribution in [-0.4, -0.2) is 51.3 Å². The number of halogens is 3. The number of hydrogen-bond acceptors (Lipinski definition) is 5. The van der Waals surface area contributed by atoms with Crippen LogP contribution in [0, 0.1) is 17.2 Å². The lowest BCUT2D eigenvalue weighted by Crippen LogP contribution is -2.42. The van der Waals surface area contributed by atoms with Gasteiger partial charge in [-0.05, 0) is 61.1 Å². The van der Waals surface area contributed by atoms with Crippen molar-refractivity contribution in [3.63, 3.8) is 0 Å². The second-order valence-corrected chi connectivity index (χ2v) is 9.45. The van der Waals surface area contributed by atoms with Crippen LogP contribution >= 0.6 is 0 Å². The van der Waals surface area contributed by atoms with E-state index in [1.807, 2.05) is 6.07 Å². The van der Waals surface area contributed by atoms with Crippen molar-refractivity contribution in [2.24, 2.45) is 11.3 Å². The van der Waals surface area contributed by atoms with E-state index in [1.165, 1.54) is 16.8 Å². The minimum absolute atomic E-state index is 0.104.